The smallest absolute Gasteiger partial charge is 0.270 e. The van der Waals surface area contributed by atoms with Crippen LogP contribution in [0.15, 0.2) is 24.3 Å². The second kappa shape index (κ2) is 5.83. The molecule has 1 aliphatic heterocycles. The molecule has 0 fully saturated rings. The Balaban J connectivity index is 2.52. The van der Waals surface area contributed by atoms with Crippen LogP contribution >= 0.6 is 0 Å². The highest BCUT2D eigenvalue weighted by molar-refractivity contribution is 5.97. The summed E-state index contributed by atoms with van der Waals surface area (Å²) < 4.78 is 5.02. The Morgan fingerprint density at radius 3 is 2.90 bits per heavy atom. The zero-order valence-corrected chi connectivity index (χ0v) is 11.5. The molecule has 1 heterocycles. The van der Waals surface area contributed by atoms with E-state index in [1.54, 1.807) is 18.1 Å². The van der Waals surface area contributed by atoms with Gasteiger partial charge >= 0.3 is 0 Å². The van der Waals surface area contributed by atoms with Gasteiger partial charge in [-0.2, -0.15) is 0 Å². The summed E-state index contributed by atoms with van der Waals surface area (Å²) in [6.07, 6.45) is 2.57. The molecule has 106 valence electrons. The summed E-state index contributed by atoms with van der Waals surface area (Å²) in [6.45, 7) is 2.52. The first-order valence-electron chi connectivity index (χ1n) is 6.29. The van der Waals surface area contributed by atoms with E-state index in [-0.39, 0.29) is 11.6 Å². The summed E-state index contributed by atoms with van der Waals surface area (Å²) in [6, 6.07) is 4.58. The van der Waals surface area contributed by atoms with E-state index >= 15 is 0 Å². The third kappa shape index (κ3) is 2.70. The molecule has 0 radical (unpaired) electrons. The van der Waals surface area contributed by atoms with Crippen LogP contribution in [-0.4, -0.2) is 31.1 Å². The highest BCUT2D eigenvalue weighted by atomic mass is 16.6. The van der Waals surface area contributed by atoms with E-state index in [2.05, 4.69) is 0 Å². The van der Waals surface area contributed by atoms with Crippen LogP contribution in [0, 0.1) is 10.1 Å². The predicted molar refractivity (Wildman–Crippen MR) is 75.6 cm³/mol. The molecule has 20 heavy (non-hydrogen) atoms. The van der Waals surface area contributed by atoms with Crippen molar-refractivity contribution in [2.24, 2.45) is 0 Å². The second-order valence-corrected chi connectivity index (χ2v) is 4.56. The molecule has 1 amide bonds. The molecule has 0 aliphatic carbocycles. The molecule has 0 bridgehead atoms. The lowest BCUT2D eigenvalue weighted by atomic mass is 9.95. The maximum atomic E-state index is 11.6. The molecule has 0 unspecified atom stereocenters. The number of nitro groups is 1. The molecule has 6 nitrogen and oxygen atoms in total. The monoisotopic (exact) mass is 276 g/mol. The van der Waals surface area contributed by atoms with E-state index in [0.29, 0.717) is 19.6 Å². The summed E-state index contributed by atoms with van der Waals surface area (Å²) in [5.41, 5.74) is 2.45. The summed E-state index contributed by atoms with van der Waals surface area (Å²) in [5, 5.41) is 10.9. The first kappa shape index (κ1) is 14.2. The van der Waals surface area contributed by atoms with E-state index in [4.69, 9.17) is 4.74 Å². The Kier molecular flexibility index (Phi) is 4.14. The van der Waals surface area contributed by atoms with Crippen LogP contribution in [0.2, 0.25) is 0 Å². The zero-order chi connectivity index (χ0) is 14.7. The normalized spacial score (nSPS) is 16.1. The maximum absolute atomic E-state index is 11.6. The number of anilines is 1. The topological polar surface area (TPSA) is 72.7 Å². The summed E-state index contributed by atoms with van der Waals surface area (Å²) in [5.74, 6) is -0.0640. The molecular formula is C14H16N2O4. The van der Waals surface area contributed by atoms with Gasteiger partial charge in [0.05, 0.1) is 17.2 Å². The van der Waals surface area contributed by atoms with E-state index in [1.807, 2.05) is 6.08 Å². The second-order valence-electron chi connectivity index (χ2n) is 4.56. The molecule has 1 aromatic rings. The van der Waals surface area contributed by atoms with Crippen LogP contribution in [0.25, 0.3) is 5.57 Å². The fourth-order valence-electron chi connectivity index (χ4n) is 2.34. The van der Waals surface area contributed by atoms with Gasteiger partial charge in [-0.3, -0.25) is 14.9 Å². The van der Waals surface area contributed by atoms with Crippen molar-refractivity contribution in [2.75, 3.05) is 25.2 Å². The summed E-state index contributed by atoms with van der Waals surface area (Å²) >= 11 is 0. The van der Waals surface area contributed by atoms with Crippen molar-refractivity contribution in [2.45, 2.75) is 13.3 Å². The number of rotatable bonds is 3. The fourth-order valence-corrected chi connectivity index (χ4v) is 2.34. The van der Waals surface area contributed by atoms with E-state index < -0.39 is 4.92 Å². The Bertz CT molecular complexity index is 581. The van der Waals surface area contributed by atoms with Gasteiger partial charge in [0, 0.05) is 38.3 Å². The number of carbonyl (C=O) groups is 1. The number of nitro benzene ring substituents is 1. The van der Waals surface area contributed by atoms with Gasteiger partial charge in [-0.1, -0.05) is 6.08 Å². The van der Waals surface area contributed by atoms with Crippen molar-refractivity contribution in [3.8, 4) is 0 Å². The Hall–Kier alpha value is -2.21. The molecule has 0 atom stereocenters. The average molecular weight is 276 g/mol. The molecule has 0 saturated heterocycles. The Labute approximate surface area is 116 Å². The quantitative estimate of drug-likeness (QED) is 0.627. The lowest BCUT2D eigenvalue weighted by molar-refractivity contribution is -0.384. The minimum atomic E-state index is -0.430. The number of nitrogens with zero attached hydrogens (tertiary/aromatic N) is 2. The number of amides is 1. The zero-order valence-electron chi connectivity index (χ0n) is 11.5. The minimum absolute atomic E-state index is 0.0254. The highest BCUT2D eigenvalue weighted by Gasteiger charge is 2.25. The fraction of sp³-hybridized carbons (Fsp3) is 0.357. The molecule has 0 N–H and O–H groups in total. The molecule has 0 aromatic heterocycles. The number of methoxy groups -OCH3 is 1. The van der Waals surface area contributed by atoms with Gasteiger partial charge in [0.15, 0.2) is 0 Å². The molecule has 1 aliphatic rings. The number of fused-ring (bicyclic) bond motifs is 1. The largest absolute Gasteiger partial charge is 0.381 e. The van der Waals surface area contributed by atoms with Crippen molar-refractivity contribution >= 4 is 22.9 Å². The summed E-state index contributed by atoms with van der Waals surface area (Å²) in [4.78, 5) is 23.8. The van der Waals surface area contributed by atoms with Gasteiger partial charge in [-0.15, -0.1) is 0 Å². The Morgan fingerprint density at radius 2 is 2.30 bits per heavy atom. The molecule has 1 aromatic carbocycles. The average Bonchev–Trinajstić information content (AvgIpc) is 2.43. The maximum Gasteiger partial charge on any atom is 0.270 e. The van der Waals surface area contributed by atoms with Crippen LogP contribution in [0.4, 0.5) is 11.4 Å². The number of hydrogen-bond acceptors (Lipinski definition) is 4. The lowest BCUT2D eigenvalue weighted by Crippen LogP contribution is -2.33. The molecule has 0 spiro atoms. The van der Waals surface area contributed by atoms with Gasteiger partial charge in [0.2, 0.25) is 5.91 Å². The van der Waals surface area contributed by atoms with Crippen LogP contribution < -0.4 is 4.90 Å². The molecule has 6 heteroatoms. The third-order valence-corrected chi connectivity index (χ3v) is 3.31. The molecule has 0 saturated carbocycles. The van der Waals surface area contributed by atoms with Gasteiger partial charge in [-0.05, 0) is 18.1 Å². The predicted octanol–water partition coefficient (Wildman–Crippen LogP) is 2.38. The van der Waals surface area contributed by atoms with Crippen LogP contribution in [0.5, 0.6) is 0 Å². The first-order chi connectivity index (χ1) is 9.54. The Morgan fingerprint density at radius 1 is 1.55 bits per heavy atom. The van der Waals surface area contributed by atoms with Gasteiger partial charge in [-0.25, -0.2) is 0 Å². The lowest BCUT2D eigenvalue weighted by Gasteiger charge is -2.30. The van der Waals surface area contributed by atoms with E-state index in [1.165, 1.54) is 19.1 Å². The SMILES string of the molecule is COC/C=C1\CCN(C(C)=O)c2ccc([N+](=O)[O-])cc21. The van der Waals surface area contributed by atoms with Gasteiger partial charge in [0.1, 0.15) is 0 Å². The van der Waals surface area contributed by atoms with Crippen molar-refractivity contribution in [3.63, 3.8) is 0 Å². The van der Waals surface area contributed by atoms with Gasteiger partial charge < -0.3 is 9.64 Å². The number of hydrogen-bond donors (Lipinski definition) is 0. The number of ether oxygens (including phenoxy) is 1. The standard InChI is InChI=1S/C14H16N2O4/c1-10(17)15-7-5-11(6-8-20-2)13-9-12(16(18)19)3-4-14(13)15/h3-4,6,9H,5,7-8H2,1-2H3/b11-6+. The number of non-ortho nitro benzene ring substituents is 1. The molecular weight excluding hydrogens is 260 g/mol. The van der Waals surface area contributed by atoms with Crippen molar-refractivity contribution in [1.29, 1.82) is 0 Å². The van der Waals surface area contributed by atoms with E-state index in [9.17, 15) is 14.9 Å². The van der Waals surface area contributed by atoms with Crippen LogP contribution in [-0.2, 0) is 9.53 Å². The molecule has 2 rings (SSSR count). The van der Waals surface area contributed by atoms with Gasteiger partial charge in [0.25, 0.3) is 5.69 Å². The number of carbonyl (C=O) groups excluding carboxylic acids is 1. The summed E-state index contributed by atoms with van der Waals surface area (Å²) in [7, 11) is 1.59. The first-order valence-corrected chi connectivity index (χ1v) is 6.29. The van der Waals surface area contributed by atoms with Crippen molar-refractivity contribution < 1.29 is 14.5 Å². The van der Waals surface area contributed by atoms with Crippen molar-refractivity contribution in [3.05, 3.63) is 40.0 Å². The van der Waals surface area contributed by atoms with Crippen LogP contribution in [0.3, 0.4) is 0 Å². The minimum Gasteiger partial charge on any atom is -0.381 e. The third-order valence-electron chi connectivity index (χ3n) is 3.31. The number of benzene rings is 1. The highest BCUT2D eigenvalue weighted by Crippen LogP contribution is 2.36. The van der Waals surface area contributed by atoms with E-state index in [0.717, 1.165) is 16.8 Å². The van der Waals surface area contributed by atoms with Crippen LogP contribution in [0.1, 0.15) is 18.9 Å². The van der Waals surface area contributed by atoms with Crippen molar-refractivity contribution in [1.82, 2.24) is 0 Å².